The molecule has 0 aromatic heterocycles. The molecule has 8 nitrogen and oxygen atoms in total. The highest BCUT2D eigenvalue weighted by atomic mass is 32.2. The highest BCUT2D eigenvalue weighted by molar-refractivity contribution is 7.88. The summed E-state index contributed by atoms with van der Waals surface area (Å²) in [6.45, 7) is 1.69. The fraction of sp³-hybridized carbons (Fsp3) is 0.500. The molecule has 0 spiro atoms. The molecule has 0 radical (unpaired) electrons. The standard InChI is InChI=1S/C28H32FN3O5S/c1-16-6-9-21(22(29)10-16)25(17-7-8-17)30-26(33)24-13-19-12-23(19)32(24)27(34)18-4-3-5-20(11-18)28(35)14-31(15-28)38(2,36)37/h3-6,9-11,17,19,23-25,35H,7-8,12-15H2,1-2H3,(H,30,33)/t19-,23-,24-,25-/m1/s1. The summed E-state index contributed by atoms with van der Waals surface area (Å²) in [5, 5.41) is 14.0. The van der Waals surface area contributed by atoms with Gasteiger partial charge in [-0.1, -0.05) is 24.3 Å². The summed E-state index contributed by atoms with van der Waals surface area (Å²) in [6, 6.07) is 10.6. The Morgan fingerprint density at radius 2 is 1.87 bits per heavy atom. The molecule has 0 bridgehead atoms. The second kappa shape index (κ2) is 8.86. The van der Waals surface area contributed by atoms with Crippen molar-refractivity contribution in [2.24, 2.45) is 11.8 Å². The minimum absolute atomic E-state index is 0.00934. The van der Waals surface area contributed by atoms with E-state index < -0.39 is 27.7 Å². The highest BCUT2D eigenvalue weighted by Gasteiger charge is 2.56. The molecule has 0 unspecified atom stereocenters. The van der Waals surface area contributed by atoms with Gasteiger partial charge in [-0.25, -0.2) is 12.8 Å². The fourth-order valence-electron chi connectivity index (χ4n) is 6.04. The molecule has 2 aromatic rings. The van der Waals surface area contributed by atoms with Crippen molar-refractivity contribution in [3.63, 3.8) is 0 Å². The Morgan fingerprint density at radius 1 is 1.13 bits per heavy atom. The predicted octanol–water partition coefficient (Wildman–Crippen LogP) is 2.47. The van der Waals surface area contributed by atoms with Gasteiger partial charge in [-0.15, -0.1) is 0 Å². The van der Waals surface area contributed by atoms with Crippen LogP contribution < -0.4 is 5.32 Å². The molecule has 202 valence electrons. The number of aryl methyl sites for hydroxylation is 1. The number of amides is 2. The van der Waals surface area contributed by atoms with E-state index in [9.17, 15) is 27.5 Å². The van der Waals surface area contributed by atoms with Gasteiger partial charge in [-0.05, 0) is 73.8 Å². The number of halogens is 1. The monoisotopic (exact) mass is 541 g/mol. The van der Waals surface area contributed by atoms with Crippen molar-refractivity contribution in [2.75, 3.05) is 19.3 Å². The number of nitrogens with zero attached hydrogens (tertiary/aromatic N) is 2. The minimum atomic E-state index is -3.41. The number of piperidine rings is 1. The van der Waals surface area contributed by atoms with Crippen LogP contribution in [0.4, 0.5) is 4.39 Å². The number of sulfonamides is 1. The van der Waals surface area contributed by atoms with E-state index in [0.717, 1.165) is 31.1 Å². The first-order valence-electron chi connectivity index (χ1n) is 13.1. The number of β-amino-alcohol motifs (C(OH)–C–C–N with tert-alkyl or cyclic N) is 1. The lowest BCUT2D eigenvalue weighted by atomic mass is 9.87. The minimum Gasteiger partial charge on any atom is -0.382 e. The number of hydrogen-bond donors (Lipinski definition) is 2. The molecule has 10 heteroatoms. The van der Waals surface area contributed by atoms with E-state index in [-0.39, 0.29) is 48.6 Å². The SMILES string of the molecule is Cc1ccc([C@H](NC(=O)[C@H]2C[C@H]3C[C@H]3N2C(=O)c2cccc(C3(O)CN(S(C)(=O)=O)C3)c2)C2CC2)c(F)c1. The zero-order valence-corrected chi connectivity index (χ0v) is 22.2. The lowest BCUT2D eigenvalue weighted by molar-refractivity contribution is -0.126. The molecule has 4 aliphatic rings. The lowest BCUT2D eigenvalue weighted by Gasteiger charge is -2.45. The third kappa shape index (κ3) is 4.52. The molecular weight excluding hydrogens is 509 g/mol. The van der Waals surface area contributed by atoms with Crippen LogP contribution in [0.2, 0.25) is 0 Å². The van der Waals surface area contributed by atoms with Gasteiger partial charge in [0.2, 0.25) is 15.9 Å². The summed E-state index contributed by atoms with van der Waals surface area (Å²) in [6.07, 6.45) is 4.36. The Balaban J connectivity index is 1.21. The van der Waals surface area contributed by atoms with Crippen LogP contribution in [-0.4, -0.2) is 66.0 Å². The maximum atomic E-state index is 14.8. The average molecular weight is 542 g/mol. The van der Waals surface area contributed by atoms with Crippen LogP contribution in [0.3, 0.4) is 0 Å². The largest absolute Gasteiger partial charge is 0.382 e. The van der Waals surface area contributed by atoms with Gasteiger partial charge in [0.05, 0.1) is 12.3 Å². The van der Waals surface area contributed by atoms with Crippen LogP contribution in [0.5, 0.6) is 0 Å². The molecule has 6 rings (SSSR count). The molecule has 2 aromatic carbocycles. The van der Waals surface area contributed by atoms with E-state index in [1.807, 2.05) is 13.0 Å². The normalized spacial score (nSPS) is 26.8. The maximum Gasteiger partial charge on any atom is 0.254 e. The molecule has 4 atom stereocenters. The van der Waals surface area contributed by atoms with E-state index in [1.54, 1.807) is 35.2 Å². The number of benzene rings is 2. The molecular formula is C28H32FN3O5S. The second-order valence-electron chi connectivity index (χ2n) is 11.5. The molecule has 4 fully saturated rings. The molecule has 2 saturated carbocycles. The summed E-state index contributed by atoms with van der Waals surface area (Å²) in [5.41, 5.74) is 0.760. The molecule has 2 heterocycles. The van der Waals surface area contributed by atoms with Crippen LogP contribution in [0.15, 0.2) is 42.5 Å². The Bertz CT molecular complexity index is 1420. The second-order valence-corrected chi connectivity index (χ2v) is 13.5. The number of carbonyl (C=O) groups excluding carboxylic acids is 2. The van der Waals surface area contributed by atoms with Gasteiger partial charge >= 0.3 is 0 Å². The quantitative estimate of drug-likeness (QED) is 0.560. The summed E-state index contributed by atoms with van der Waals surface area (Å²) in [7, 11) is -3.41. The van der Waals surface area contributed by atoms with Gasteiger partial charge in [0, 0.05) is 30.3 Å². The zero-order chi connectivity index (χ0) is 27.0. The number of carbonyl (C=O) groups is 2. The third-order valence-electron chi connectivity index (χ3n) is 8.52. The first-order valence-corrected chi connectivity index (χ1v) is 15.0. The van der Waals surface area contributed by atoms with Crippen molar-refractivity contribution >= 4 is 21.8 Å². The van der Waals surface area contributed by atoms with Crippen molar-refractivity contribution in [1.82, 2.24) is 14.5 Å². The number of rotatable bonds is 7. The van der Waals surface area contributed by atoms with Crippen LogP contribution in [0, 0.1) is 24.6 Å². The smallest absolute Gasteiger partial charge is 0.254 e. The number of nitrogens with one attached hydrogen (secondary N) is 1. The van der Waals surface area contributed by atoms with E-state index in [0.29, 0.717) is 23.1 Å². The molecule has 2 aliphatic carbocycles. The van der Waals surface area contributed by atoms with Crippen molar-refractivity contribution < 1.29 is 27.5 Å². The van der Waals surface area contributed by atoms with Crippen molar-refractivity contribution in [3.05, 3.63) is 70.5 Å². The number of aliphatic hydroxyl groups is 1. The summed E-state index contributed by atoms with van der Waals surface area (Å²) >= 11 is 0. The van der Waals surface area contributed by atoms with Gasteiger partial charge in [0.25, 0.3) is 5.91 Å². The van der Waals surface area contributed by atoms with Gasteiger partial charge in [0.1, 0.15) is 17.5 Å². The molecule has 2 N–H and O–H groups in total. The van der Waals surface area contributed by atoms with Gasteiger partial charge in [0.15, 0.2) is 0 Å². The average Bonchev–Trinajstić information content (AvgIpc) is 3.78. The van der Waals surface area contributed by atoms with Crippen LogP contribution in [0.1, 0.15) is 58.8 Å². The summed E-state index contributed by atoms with van der Waals surface area (Å²) < 4.78 is 39.5. The van der Waals surface area contributed by atoms with Gasteiger partial charge in [-0.2, -0.15) is 4.31 Å². The fourth-order valence-corrected chi connectivity index (χ4v) is 6.94. The summed E-state index contributed by atoms with van der Waals surface area (Å²) in [5.74, 6) is -0.427. The third-order valence-corrected chi connectivity index (χ3v) is 9.71. The Morgan fingerprint density at radius 3 is 2.53 bits per heavy atom. The maximum absolute atomic E-state index is 14.8. The molecule has 2 saturated heterocycles. The van der Waals surface area contributed by atoms with Crippen LogP contribution in [0.25, 0.3) is 0 Å². The molecule has 38 heavy (non-hydrogen) atoms. The topological polar surface area (TPSA) is 107 Å². The lowest BCUT2D eigenvalue weighted by Crippen LogP contribution is -2.60. The Hall–Kier alpha value is -2.82. The first kappa shape index (κ1) is 25.5. The van der Waals surface area contributed by atoms with Crippen LogP contribution in [-0.2, 0) is 20.4 Å². The van der Waals surface area contributed by atoms with Gasteiger partial charge in [-0.3, -0.25) is 9.59 Å². The predicted molar refractivity (Wildman–Crippen MR) is 138 cm³/mol. The zero-order valence-electron chi connectivity index (χ0n) is 21.4. The molecule has 2 amide bonds. The first-order chi connectivity index (χ1) is 17.9. The Labute approximate surface area is 221 Å². The number of likely N-dealkylation sites (tertiary alicyclic amines) is 1. The highest BCUT2D eigenvalue weighted by Crippen LogP contribution is 2.49. The Kier molecular flexibility index (Phi) is 5.93. The molecule has 2 aliphatic heterocycles. The number of hydrogen-bond acceptors (Lipinski definition) is 5. The van der Waals surface area contributed by atoms with E-state index in [1.165, 1.54) is 10.4 Å². The summed E-state index contributed by atoms with van der Waals surface area (Å²) in [4.78, 5) is 28.9. The number of fused-ring (bicyclic) bond motifs is 1. The van der Waals surface area contributed by atoms with E-state index in [4.69, 9.17) is 0 Å². The van der Waals surface area contributed by atoms with Crippen molar-refractivity contribution in [1.29, 1.82) is 0 Å². The van der Waals surface area contributed by atoms with Gasteiger partial charge < -0.3 is 15.3 Å². The van der Waals surface area contributed by atoms with E-state index in [2.05, 4.69) is 5.32 Å². The van der Waals surface area contributed by atoms with E-state index >= 15 is 0 Å². The van der Waals surface area contributed by atoms with Crippen LogP contribution >= 0.6 is 0 Å². The van der Waals surface area contributed by atoms with Crippen molar-refractivity contribution in [3.8, 4) is 0 Å². The van der Waals surface area contributed by atoms with Crippen molar-refractivity contribution in [2.45, 2.75) is 56.3 Å².